The van der Waals surface area contributed by atoms with Gasteiger partial charge in [-0.3, -0.25) is 19.3 Å². The van der Waals surface area contributed by atoms with Gasteiger partial charge >= 0.3 is 0 Å². The number of methoxy groups -OCH3 is 1. The molecule has 0 saturated carbocycles. The highest BCUT2D eigenvalue weighted by Crippen LogP contribution is 2.60. The molecule has 0 unspecified atom stereocenters. The third-order valence-corrected chi connectivity index (χ3v) is 7.21. The highest BCUT2D eigenvalue weighted by molar-refractivity contribution is 6.25. The number of carbonyl (C=O) groups is 3. The van der Waals surface area contributed by atoms with E-state index in [0.29, 0.717) is 18.0 Å². The van der Waals surface area contributed by atoms with E-state index in [0.717, 1.165) is 24.1 Å². The van der Waals surface area contributed by atoms with Gasteiger partial charge in [-0.15, -0.1) is 0 Å². The summed E-state index contributed by atoms with van der Waals surface area (Å²) >= 11 is 0. The summed E-state index contributed by atoms with van der Waals surface area (Å²) in [5.74, 6) is -1.40. The van der Waals surface area contributed by atoms with Gasteiger partial charge in [-0.1, -0.05) is 24.3 Å². The second-order valence-corrected chi connectivity index (χ2v) is 8.39. The number of anilines is 2. The highest BCUT2D eigenvalue weighted by atomic mass is 16.5. The summed E-state index contributed by atoms with van der Waals surface area (Å²) in [5, 5.41) is 2.98. The van der Waals surface area contributed by atoms with Crippen molar-refractivity contribution in [1.82, 2.24) is 4.90 Å². The van der Waals surface area contributed by atoms with Gasteiger partial charge in [0, 0.05) is 23.4 Å². The Morgan fingerprint density at radius 2 is 1.90 bits per heavy atom. The molecular weight excluding hydrogens is 382 g/mol. The Hall–Kier alpha value is -3.19. The van der Waals surface area contributed by atoms with Crippen LogP contribution in [-0.4, -0.2) is 42.3 Å². The van der Waals surface area contributed by atoms with Crippen molar-refractivity contribution in [3.63, 3.8) is 0 Å². The molecule has 2 aromatic rings. The van der Waals surface area contributed by atoms with E-state index in [4.69, 9.17) is 4.74 Å². The van der Waals surface area contributed by atoms with Crippen LogP contribution in [0.1, 0.15) is 18.4 Å². The largest absolute Gasteiger partial charge is 0.497 e. The van der Waals surface area contributed by atoms with E-state index in [1.807, 2.05) is 24.3 Å². The molecule has 4 atom stereocenters. The third-order valence-electron chi connectivity index (χ3n) is 7.21. The Balaban J connectivity index is 1.54. The Bertz CT molecular complexity index is 1120. The molecule has 7 heteroatoms. The zero-order chi connectivity index (χ0) is 20.6. The van der Waals surface area contributed by atoms with E-state index in [1.54, 1.807) is 31.4 Å². The van der Waals surface area contributed by atoms with Gasteiger partial charge in [-0.2, -0.15) is 0 Å². The molecule has 3 fully saturated rings. The van der Waals surface area contributed by atoms with E-state index in [1.165, 1.54) is 4.90 Å². The Morgan fingerprint density at radius 3 is 2.73 bits per heavy atom. The average Bonchev–Trinajstić information content (AvgIpc) is 3.46. The maximum Gasteiger partial charge on any atom is 0.250 e. The number of carbonyl (C=O) groups excluding carboxylic acids is 3. The quantitative estimate of drug-likeness (QED) is 0.778. The van der Waals surface area contributed by atoms with Crippen LogP contribution in [0.25, 0.3) is 0 Å². The number of ether oxygens (including phenoxy) is 1. The number of imide groups is 1. The zero-order valence-corrected chi connectivity index (χ0v) is 16.5. The van der Waals surface area contributed by atoms with Crippen molar-refractivity contribution in [3.8, 4) is 5.75 Å². The number of nitrogens with zero attached hydrogens (tertiary/aromatic N) is 2. The number of para-hydroxylation sites is 1. The van der Waals surface area contributed by atoms with Gasteiger partial charge < -0.3 is 10.1 Å². The first-order valence-corrected chi connectivity index (χ1v) is 10.3. The summed E-state index contributed by atoms with van der Waals surface area (Å²) in [7, 11) is 1.55. The van der Waals surface area contributed by atoms with Crippen molar-refractivity contribution in [2.75, 3.05) is 23.9 Å². The molecule has 30 heavy (non-hydrogen) atoms. The Kier molecular flexibility index (Phi) is 3.48. The van der Waals surface area contributed by atoms with Gasteiger partial charge in [0.05, 0.1) is 24.6 Å². The molecule has 4 heterocycles. The minimum absolute atomic E-state index is 0.112. The number of benzene rings is 2. The third kappa shape index (κ3) is 1.91. The number of hydrogen-bond acceptors (Lipinski definition) is 5. The van der Waals surface area contributed by atoms with Crippen LogP contribution in [0.3, 0.4) is 0 Å². The van der Waals surface area contributed by atoms with Gasteiger partial charge in [-0.05, 0) is 37.6 Å². The first-order valence-electron chi connectivity index (χ1n) is 10.3. The predicted octanol–water partition coefficient (Wildman–Crippen LogP) is 2.13. The molecule has 0 bridgehead atoms. The van der Waals surface area contributed by atoms with Gasteiger partial charge in [0.2, 0.25) is 17.7 Å². The van der Waals surface area contributed by atoms with Crippen molar-refractivity contribution in [2.24, 2.45) is 11.8 Å². The highest BCUT2D eigenvalue weighted by Gasteiger charge is 2.74. The number of amides is 3. The maximum absolute atomic E-state index is 13.8. The standard InChI is InChI=1S/C23H21N3O4/c1-30-14-7-4-6-13(12-14)26-20(27)18-17-10-5-11-25(17)23(19(18)21(26)28)15-8-2-3-9-16(15)24-22(23)29/h2-4,6-9,12,17-19H,5,10-11H2,1H3,(H,24,29)/t17-,18-,19-,23+/m0/s1. The summed E-state index contributed by atoms with van der Waals surface area (Å²) in [6, 6.07) is 14.4. The van der Waals surface area contributed by atoms with E-state index in [-0.39, 0.29) is 23.8 Å². The van der Waals surface area contributed by atoms with Crippen molar-refractivity contribution < 1.29 is 19.1 Å². The van der Waals surface area contributed by atoms with Crippen LogP contribution in [0, 0.1) is 11.8 Å². The molecule has 2 aromatic carbocycles. The molecule has 3 saturated heterocycles. The molecule has 3 amide bonds. The summed E-state index contributed by atoms with van der Waals surface area (Å²) in [5.41, 5.74) is 0.907. The molecule has 1 N–H and O–H groups in total. The molecule has 0 aliphatic carbocycles. The van der Waals surface area contributed by atoms with E-state index < -0.39 is 17.4 Å². The monoisotopic (exact) mass is 403 g/mol. The smallest absolute Gasteiger partial charge is 0.250 e. The fraction of sp³-hybridized carbons (Fsp3) is 0.348. The van der Waals surface area contributed by atoms with Crippen molar-refractivity contribution in [1.29, 1.82) is 0 Å². The fourth-order valence-corrected chi connectivity index (χ4v) is 6.16. The molecule has 4 aliphatic heterocycles. The van der Waals surface area contributed by atoms with Crippen molar-refractivity contribution in [3.05, 3.63) is 54.1 Å². The molecule has 0 radical (unpaired) electrons. The summed E-state index contributed by atoms with van der Waals surface area (Å²) in [6.45, 7) is 0.707. The number of fused-ring (bicyclic) bond motifs is 7. The first-order chi connectivity index (χ1) is 14.6. The lowest BCUT2D eigenvalue weighted by atomic mass is 9.75. The molecular formula is C23H21N3O4. The van der Waals surface area contributed by atoms with Crippen LogP contribution in [-0.2, 0) is 19.9 Å². The minimum atomic E-state index is -1.12. The minimum Gasteiger partial charge on any atom is -0.497 e. The fourth-order valence-electron chi connectivity index (χ4n) is 6.16. The average molecular weight is 403 g/mol. The van der Waals surface area contributed by atoms with Crippen molar-refractivity contribution in [2.45, 2.75) is 24.4 Å². The van der Waals surface area contributed by atoms with Gasteiger partial charge in [0.25, 0.3) is 0 Å². The number of rotatable bonds is 2. The lowest BCUT2D eigenvalue weighted by Gasteiger charge is -2.36. The van der Waals surface area contributed by atoms with Gasteiger partial charge in [0.1, 0.15) is 11.3 Å². The summed E-state index contributed by atoms with van der Waals surface area (Å²) < 4.78 is 5.28. The van der Waals surface area contributed by atoms with Crippen molar-refractivity contribution >= 4 is 29.1 Å². The van der Waals surface area contributed by atoms with E-state index in [2.05, 4.69) is 10.2 Å². The summed E-state index contributed by atoms with van der Waals surface area (Å²) in [4.78, 5) is 44.3. The van der Waals surface area contributed by atoms with E-state index in [9.17, 15) is 14.4 Å². The Morgan fingerprint density at radius 1 is 1.07 bits per heavy atom. The van der Waals surface area contributed by atoms with Crippen LogP contribution in [0.4, 0.5) is 11.4 Å². The lowest BCUT2D eigenvalue weighted by molar-refractivity contribution is -0.135. The molecule has 0 aromatic heterocycles. The number of hydrogen-bond donors (Lipinski definition) is 1. The second kappa shape index (κ2) is 5.92. The normalized spacial score (nSPS) is 31.8. The van der Waals surface area contributed by atoms with Gasteiger partial charge in [-0.25, -0.2) is 4.90 Å². The molecule has 1 spiro atoms. The molecule has 7 nitrogen and oxygen atoms in total. The second-order valence-electron chi connectivity index (χ2n) is 8.39. The van der Waals surface area contributed by atoms with Crippen LogP contribution >= 0.6 is 0 Å². The molecule has 6 rings (SSSR count). The lowest BCUT2D eigenvalue weighted by Crippen LogP contribution is -2.54. The SMILES string of the molecule is COc1cccc(N2C(=O)[C@@H]3[C@@H](C2=O)[C@]2(C(=O)Nc4ccccc42)N2CCC[C@@H]32)c1. The maximum atomic E-state index is 13.8. The predicted molar refractivity (Wildman–Crippen MR) is 109 cm³/mol. The van der Waals surface area contributed by atoms with Crippen LogP contribution in [0.15, 0.2) is 48.5 Å². The Labute approximate surface area is 173 Å². The van der Waals surface area contributed by atoms with Crippen LogP contribution in [0.5, 0.6) is 5.75 Å². The molecule has 4 aliphatic rings. The first kappa shape index (κ1) is 17.7. The van der Waals surface area contributed by atoms with Crippen LogP contribution < -0.4 is 15.0 Å². The summed E-state index contributed by atoms with van der Waals surface area (Å²) in [6.07, 6.45) is 1.72. The van der Waals surface area contributed by atoms with Gasteiger partial charge in [0.15, 0.2) is 0 Å². The molecule has 152 valence electrons. The number of nitrogens with one attached hydrogen (secondary N) is 1. The van der Waals surface area contributed by atoms with Crippen LogP contribution in [0.2, 0.25) is 0 Å². The van der Waals surface area contributed by atoms with E-state index >= 15 is 0 Å². The topological polar surface area (TPSA) is 78.9 Å². The zero-order valence-electron chi connectivity index (χ0n) is 16.5.